The molecule has 2 aromatic rings. The first kappa shape index (κ1) is 17.8. The molecule has 0 spiro atoms. The summed E-state index contributed by atoms with van der Waals surface area (Å²) in [6.45, 7) is 0.916. The van der Waals surface area contributed by atoms with Crippen molar-refractivity contribution in [1.29, 1.82) is 0 Å². The van der Waals surface area contributed by atoms with Gasteiger partial charge < -0.3 is 9.64 Å². The molecule has 2 unspecified atom stereocenters. The smallest absolute Gasteiger partial charge is 0.410 e. The van der Waals surface area contributed by atoms with Crippen molar-refractivity contribution >= 4 is 17.9 Å². The van der Waals surface area contributed by atoms with Gasteiger partial charge >= 0.3 is 6.09 Å². The third kappa shape index (κ3) is 4.54. The SMILES string of the molecule is CSC1CCN(C(=O)OCc2ccccc2)C(c2ccc(F)cc2)C1. The van der Waals surface area contributed by atoms with Gasteiger partial charge in [0.05, 0.1) is 6.04 Å². The van der Waals surface area contributed by atoms with Crippen molar-refractivity contribution < 1.29 is 13.9 Å². The van der Waals surface area contributed by atoms with Crippen molar-refractivity contribution in [2.75, 3.05) is 12.8 Å². The van der Waals surface area contributed by atoms with Gasteiger partial charge in [0.1, 0.15) is 12.4 Å². The third-order valence-electron chi connectivity index (χ3n) is 4.58. The lowest BCUT2D eigenvalue weighted by Crippen LogP contribution is -2.42. The quantitative estimate of drug-likeness (QED) is 0.767. The van der Waals surface area contributed by atoms with E-state index in [4.69, 9.17) is 4.74 Å². The van der Waals surface area contributed by atoms with E-state index >= 15 is 0 Å². The minimum Gasteiger partial charge on any atom is -0.445 e. The summed E-state index contributed by atoms with van der Waals surface area (Å²) in [5, 5.41) is 0.494. The van der Waals surface area contributed by atoms with Crippen LogP contribution in [0.1, 0.15) is 30.0 Å². The topological polar surface area (TPSA) is 29.5 Å². The van der Waals surface area contributed by atoms with Crippen LogP contribution in [-0.4, -0.2) is 29.0 Å². The lowest BCUT2D eigenvalue weighted by Gasteiger charge is -2.38. The number of piperidine rings is 1. The molecule has 1 aliphatic heterocycles. The number of hydrogen-bond donors (Lipinski definition) is 0. The van der Waals surface area contributed by atoms with Crippen LogP contribution in [0.4, 0.5) is 9.18 Å². The van der Waals surface area contributed by atoms with E-state index in [1.807, 2.05) is 42.1 Å². The fraction of sp³-hybridized carbons (Fsp3) is 0.350. The van der Waals surface area contributed by atoms with Crippen LogP contribution in [-0.2, 0) is 11.3 Å². The normalized spacial score (nSPS) is 20.3. The van der Waals surface area contributed by atoms with Crippen LogP contribution >= 0.6 is 11.8 Å². The minimum atomic E-state index is -0.308. The molecular weight excluding hydrogens is 337 g/mol. The fourth-order valence-corrected chi connectivity index (χ4v) is 3.88. The van der Waals surface area contributed by atoms with E-state index in [0.29, 0.717) is 11.8 Å². The number of carbonyl (C=O) groups excluding carboxylic acids is 1. The lowest BCUT2D eigenvalue weighted by atomic mass is 9.95. The van der Waals surface area contributed by atoms with Crippen LogP contribution in [0, 0.1) is 5.82 Å². The van der Waals surface area contributed by atoms with Gasteiger partial charge in [0.15, 0.2) is 0 Å². The molecule has 1 saturated heterocycles. The van der Waals surface area contributed by atoms with E-state index in [9.17, 15) is 9.18 Å². The Labute approximate surface area is 152 Å². The standard InChI is InChI=1S/C20H22FNO2S/c1-25-18-11-12-22(19(13-18)16-7-9-17(21)10-8-16)20(23)24-14-15-5-3-2-4-6-15/h2-10,18-19H,11-14H2,1H3. The Morgan fingerprint density at radius 3 is 2.60 bits per heavy atom. The molecule has 2 atom stereocenters. The van der Waals surface area contributed by atoms with Crippen LogP contribution in [0.15, 0.2) is 54.6 Å². The highest BCUT2D eigenvalue weighted by atomic mass is 32.2. The summed E-state index contributed by atoms with van der Waals surface area (Å²) in [5.74, 6) is -0.265. The number of halogens is 1. The maximum absolute atomic E-state index is 13.3. The number of carbonyl (C=O) groups is 1. The average molecular weight is 359 g/mol. The Hall–Kier alpha value is -2.01. The van der Waals surface area contributed by atoms with Crippen molar-refractivity contribution in [2.24, 2.45) is 0 Å². The summed E-state index contributed by atoms with van der Waals surface area (Å²) in [4.78, 5) is 14.4. The van der Waals surface area contributed by atoms with Gasteiger partial charge in [0.25, 0.3) is 0 Å². The van der Waals surface area contributed by atoms with Gasteiger partial charge in [-0.1, -0.05) is 42.5 Å². The monoisotopic (exact) mass is 359 g/mol. The second-order valence-corrected chi connectivity index (χ2v) is 7.32. The van der Waals surface area contributed by atoms with E-state index in [1.165, 1.54) is 12.1 Å². The molecule has 3 rings (SSSR count). The van der Waals surface area contributed by atoms with Gasteiger partial charge in [0.2, 0.25) is 0 Å². The molecule has 5 heteroatoms. The summed E-state index contributed by atoms with van der Waals surface area (Å²) in [7, 11) is 0. The molecule has 1 fully saturated rings. The highest BCUT2D eigenvalue weighted by molar-refractivity contribution is 7.99. The van der Waals surface area contributed by atoms with E-state index in [2.05, 4.69) is 6.26 Å². The third-order valence-corrected chi connectivity index (χ3v) is 5.68. The Morgan fingerprint density at radius 1 is 1.20 bits per heavy atom. The van der Waals surface area contributed by atoms with E-state index in [-0.39, 0.29) is 24.6 Å². The Morgan fingerprint density at radius 2 is 1.92 bits per heavy atom. The van der Waals surface area contributed by atoms with Crippen LogP contribution in [0.3, 0.4) is 0 Å². The van der Waals surface area contributed by atoms with Crippen molar-refractivity contribution in [1.82, 2.24) is 4.90 Å². The highest BCUT2D eigenvalue weighted by Gasteiger charge is 2.33. The van der Waals surface area contributed by atoms with Crippen molar-refractivity contribution in [2.45, 2.75) is 30.7 Å². The highest BCUT2D eigenvalue weighted by Crippen LogP contribution is 2.36. The second kappa shape index (κ2) is 8.39. The first-order valence-corrected chi connectivity index (χ1v) is 9.71. The molecule has 1 amide bonds. The van der Waals surface area contributed by atoms with Gasteiger partial charge in [-0.3, -0.25) is 0 Å². The zero-order valence-corrected chi connectivity index (χ0v) is 15.0. The van der Waals surface area contributed by atoms with Gasteiger partial charge in [0, 0.05) is 11.8 Å². The molecule has 0 aromatic heterocycles. The largest absolute Gasteiger partial charge is 0.445 e. The number of rotatable bonds is 4. The average Bonchev–Trinajstić information content (AvgIpc) is 2.67. The van der Waals surface area contributed by atoms with E-state index in [1.54, 1.807) is 17.0 Å². The molecule has 0 aliphatic carbocycles. The van der Waals surface area contributed by atoms with Gasteiger partial charge in [-0.25, -0.2) is 9.18 Å². The predicted molar refractivity (Wildman–Crippen MR) is 99.0 cm³/mol. The molecule has 132 valence electrons. The lowest BCUT2D eigenvalue weighted by molar-refractivity contribution is 0.0690. The number of likely N-dealkylation sites (tertiary alicyclic amines) is 1. The molecule has 2 aromatic carbocycles. The summed E-state index contributed by atoms with van der Waals surface area (Å²) in [6, 6.07) is 16.0. The maximum Gasteiger partial charge on any atom is 0.410 e. The van der Waals surface area contributed by atoms with Crippen LogP contribution < -0.4 is 0 Å². The van der Waals surface area contributed by atoms with Crippen molar-refractivity contribution in [3.8, 4) is 0 Å². The van der Waals surface area contributed by atoms with E-state index in [0.717, 1.165) is 24.0 Å². The van der Waals surface area contributed by atoms with Gasteiger partial charge in [-0.05, 0) is 42.4 Å². The molecule has 0 N–H and O–H groups in total. The summed E-state index contributed by atoms with van der Waals surface area (Å²) in [5.41, 5.74) is 1.92. The fourth-order valence-electron chi connectivity index (χ4n) is 3.17. The molecule has 0 saturated carbocycles. The van der Waals surface area contributed by atoms with Crippen molar-refractivity contribution in [3.05, 3.63) is 71.5 Å². The molecule has 1 aliphatic rings. The molecule has 1 heterocycles. The van der Waals surface area contributed by atoms with Crippen molar-refractivity contribution in [3.63, 3.8) is 0 Å². The number of hydrogen-bond acceptors (Lipinski definition) is 3. The van der Waals surface area contributed by atoms with E-state index < -0.39 is 0 Å². The zero-order chi connectivity index (χ0) is 17.6. The number of thioether (sulfide) groups is 1. The van der Waals surface area contributed by atoms with Gasteiger partial charge in [-0.2, -0.15) is 11.8 Å². The predicted octanol–water partition coefficient (Wildman–Crippen LogP) is 5.03. The number of nitrogens with zero attached hydrogens (tertiary/aromatic N) is 1. The van der Waals surface area contributed by atoms with Crippen LogP contribution in [0.5, 0.6) is 0 Å². The van der Waals surface area contributed by atoms with Crippen LogP contribution in [0.2, 0.25) is 0 Å². The molecule has 0 bridgehead atoms. The Kier molecular flexibility index (Phi) is 5.97. The van der Waals surface area contributed by atoms with Crippen LogP contribution in [0.25, 0.3) is 0 Å². The maximum atomic E-state index is 13.3. The summed E-state index contributed by atoms with van der Waals surface area (Å²) in [6.07, 6.45) is 3.58. The molecule has 25 heavy (non-hydrogen) atoms. The Balaban J connectivity index is 1.72. The summed E-state index contributed by atoms with van der Waals surface area (Å²) >= 11 is 1.82. The second-order valence-electron chi connectivity index (χ2n) is 6.18. The molecule has 0 radical (unpaired) electrons. The van der Waals surface area contributed by atoms with Gasteiger partial charge in [-0.15, -0.1) is 0 Å². The first-order valence-electron chi connectivity index (χ1n) is 8.43. The first-order chi connectivity index (χ1) is 12.2. The summed E-state index contributed by atoms with van der Waals surface area (Å²) < 4.78 is 18.8. The number of ether oxygens (including phenoxy) is 1. The number of benzene rings is 2. The number of amides is 1. The molecule has 3 nitrogen and oxygen atoms in total. The minimum absolute atomic E-state index is 0.0740. The zero-order valence-electron chi connectivity index (χ0n) is 14.2. The molecular formula is C20H22FNO2S. The Bertz CT molecular complexity index is 693.